The third kappa shape index (κ3) is 2.06. The molecule has 0 saturated heterocycles. The lowest BCUT2D eigenvalue weighted by Gasteiger charge is -2.16. The van der Waals surface area contributed by atoms with E-state index in [1.165, 1.54) is 46.4 Å². The van der Waals surface area contributed by atoms with E-state index in [9.17, 15) is 0 Å². The maximum Gasteiger partial charge on any atom is 0.0841 e. The van der Waals surface area contributed by atoms with Crippen molar-refractivity contribution in [1.29, 1.82) is 0 Å². The number of hydrogen-bond donors (Lipinski definition) is 1. The second-order valence-electron chi connectivity index (χ2n) is 5.90. The topological polar surface area (TPSA) is 43.8 Å². The third-order valence-corrected chi connectivity index (χ3v) is 4.47. The Morgan fingerprint density at radius 3 is 2.60 bits per heavy atom. The maximum atomic E-state index is 5.94. The van der Waals surface area contributed by atoms with E-state index in [2.05, 4.69) is 37.6 Å². The van der Waals surface area contributed by atoms with Crippen molar-refractivity contribution in [2.45, 2.75) is 53.1 Å². The van der Waals surface area contributed by atoms with Crippen molar-refractivity contribution in [1.82, 2.24) is 9.78 Å². The molecule has 1 aliphatic heterocycles. The van der Waals surface area contributed by atoms with Gasteiger partial charge in [0, 0.05) is 24.3 Å². The number of aryl methyl sites for hydroxylation is 4. The van der Waals surface area contributed by atoms with Gasteiger partial charge in [-0.1, -0.05) is 12.1 Å². The van der Waals surface area contributed by atoms with Gasteiger partial charge in [0.1, 0.15) is 0 Å². The van der Waals surface area contributed by atoms with Gasteiger partial charge < -0.3 is 5.73 Å². The first kappa shape index (κ1) is 13.4. The number of rotatable bonds is 2. The van der Waals surface area contributed by atoms with Gasteiger partial charge >= 0.3 is 0 Å². The van der Waals surface area contributed by atoms with Gasteiger partial charge in [0.2, 0.25) is 0 Å². The predicted octanol–water partition coefficient (Wildman–Crippen LogP) is 3.27. The zero-order chi connectivity index (χ0) is 14.3. The van der Waals surface area contributed by atoms with E-state index >= 15 is 0 Å². The number of nitrogens with two attached hydrogens (primary N) is 1. The molecule has 0 fully saturated rings. The Morgan fingerprint density at radius 2 is 1.85 bits per heavy atom. The molecular formula is C17H23N3. The van der Waals surface area contributed by atoms with Gasteiger partial charge in [-0.2, -0.15) is 5.10 Å². The molecule has 2 aromatic rings. The number of nitrogens with zero attached hydrogens (tertiary/aromatic N) is 2. The zero-order valence-electron chi connectivity index (χ0n) is 12.7. The molecule has 0 unspecified atom stereocenters. The van der Waals surface area contributed by atoms with Crippen LogP contribution in [0.5, 0.6) is 0 Å². The van der Waals surface area contributed by atoms with Crippen molar-refractivity contribution in [3.8, 4) is 11.1 Å². The molecule has 1 aromatic heterocycles. The Bertz CT molecular complexity index is 653. The van der Waals surface area contributed by atoms with Crippen LogP contribution in [0, 0.1) is 20.8 Å². The predicted molar refractivity (Wildman–Crippen MR) is 82.7 cm³/mol. The molecule has 1 aromatic carbocycles. The highest BCUT2D eigenvalue weighted by atomic mass is 15.3. The molecule has 0 aliphatic carbocycles. The SMILES string of the molecule is Cc1cc(C)c(-c2c(CN)nn3c2CCCC3)cc1C. The lowest BCUT2D eigenvalue weighted by atomic mass is 9.92. The molecule has 20 heavy (non-hydrogen) atoms. The Kier molecular flexibility index (Phi) is 3.38. The molecular weight excluding hydrogens is 246 g/mol. The van der Waals surface area contributed by atoms with Crippen LogP contribution in [0.4, 0.5) is 0 Å². The summed E-state index contributed by atoms with van der Waals surface area (Å²) in [6.07, 6.45) is 3.60. The Labute approximate surface area is 120 Å². The normalized spacial score (nSPS) is 14.4. The average molecular weight is 269 g/mol. The van der Waals surface area contributed by atoms with Crippen molar-refractivity contribution >= 4 is 0 Å². The van der Waals surface area contributed by atoms with Crippen LogP contribution in [0.1, 0.15) is 40.9 Å². The molecule has 0 atom stereocenters. The molecule has 0 spiro atoms. The van der Waals surface area contributed by atoms with E-state index in [0.717, 1.165) is 18.7 Å². The zero-order valence-corrected chi connectivity index (χ0v) is 12.7. The van der Waals surface area contributed by atoms with Gasteiger partial charge in [-0.3, -0.25) is 4.68 Å². The van der Waals surface area contributed by atoms with Crippen LogP contribution in [0.3, 0.4) is 0 Å². The van der Waals surface area contributed by atoms with Crippen molar-refractivity contribution < 1.29 is 0 Å². The maximum absolute atomic E-state index is 5.94. The molecule has 0 amide bonds. The molecule has 3 rings (SSSR count). The summed E-state index contributed by atoms with van der Waals surface area (Å²) in [7, 11) is 0. The van der Waals surface area contributed by atoms with E-state index in [1.54, 1.807) is 0 Å². The van der Waals surface area contributed by atoms with Gasteiger partial charge in [0.05, 0.1) is 5.69 Å². The van der Waals surface area contributed by atoms with E-state index in [0.29, 0.717) is 6.54 Å². The first-order valence-corrected chi connectivity index (χ1v) is 7.48. The summed E-state index contributed by atoms with van der Waals surface area (Å²) in [5.74, 6) is 0. The van der Waals surface area contributed by atoms with Crippen molar-refractivity contribution in [2.24, 2.45) is 5.73 Å². The van der Waals surface area contributed by atoms with Crippen LogP contribution in [-0.2, 0) is 19.5 Å². The van der Waals surface area contributed by atoms with Gasteiger partial charge in [-0.25, -0.2) is 0 Å². The van der Waals surface area contributed by atoms with E-state index < -0.39 is 0 Å². The molecule has 0 bridgehead atoms. The summed E-state index contributed by atoms with van der Waals surface area (Å²) in [5, 5.41) is 4.73. The number of benzene rings is 1. The summed E-state index contributed by atoms with van der Waals surface area (Å²) >= 11 is 0. The van der Waals surface area contributed by atoms with E-state index in [4.69, 9.17) is 10.8 Å². The monoisotopic (exact) mass is 269 g/mol. The Morgan fingerprint density at radius 1 is 1.10 bits per heavy atom. The fourth-order valence-corrected chi connectivity index (χ4v) is 3.23. The lowest BCUT2D eigenvalue weighted by molar-refractivity contribution is 0.484. The van der Waals surface area contributed by atoms with Crippen LogP contribution in [0.15, 0.2) is 12.1 Å². The van der Waals surface area contributed by atoms with Gasteiger partial charge in [0.15, 0.2) is 0 Å². The summed E-state index contributed by atoms with van der Waals surface area (Å²) in [4.78, 5) is 0. The molecule has 3 heteroatoms. The summed E-state index contributed by atoms with van der Waals surface area (Å²) in [6.45, 7) is 8.09. The Balaban J connectivity index is 2.23. The molecule has 106 valence electrons. The largest absolute Gasteiger partial charge is 0.325 e. The van der Waals surface area contributed by atoms with Crippen LogP contribution in [0.2, 0.25) is 0 Å². The quantitative estimate of drug-likeness (QED) is 0.909. The highest BCUT2D eigenvalue weighted by Gasteiger charge is 2.22. The summed E-state index contributed by atoms with van der Waals surface area (Å²) in [6, 6.07) is 4.58. The smallest absolute Gasteiger partial charge is 0.0841 e. The number of hydrogen-bond acceptors (Lipinski definition) is 2. The number of fused-ring (bicyclic) bond motifs is 1. The average Bonchev–Trinajstić information content (AvgIpc) is 2.81. The van der Waals surface area contributed by atoms with Crippen molar-refractivity contribution in [3.05, 3.63) is 40.2 Å². The third-order valence-electron chi connectivity index (χ3n) is 4.47. The lowest BCUT2D eigenvalue weighted by Crippen LogP contribution is -2.11. The minimum Gasteiger partial charge on any atom is -0.325 e. The van der Waals surface area contributed by atoms with Gasteiger partial charge in [0.25, 0.3) is 0 Å². The first-order chi connectivity index (χ1) is 9.61. The van der Waals surface area contributed by atoms with Gasteiger partial charge in [-0.15, -0.1) is 0 Å². The molecule has 1 aliphatic rings. The fraction of sp³-hybridized carbons (Fsp3) is 0.471. The van der Waals surface area contributed by atoms with Crippen LogP contribution >= 0.6 is 0 Å². The minimum atomic E-state index is 0.516. The second-order valence-corrected chi connectivity index (χ2v) is 5.90. The van der Waals surface area contributed by atoms with Gasteiger partial charge in [-0.05, 0) is 62.3 Å². The highest BCUT2D eigenvalue weighted by Crippen LogP contribution is 2.34. The molecule has 0 saturated carbocycles. The highest BCUT2D eigenvalue weighted by molar-refractivity contribution is 5.73. The van der Waals surface area contributed by atoms with E-state index in [1.807, 2.05) is 0 Å². The van der Waals surface area contributed by atoms with Crippen LogP contribution in [-0.4, -0.2) is 9.78 Å². The summed E-state index contributed by atoms with van der Waals surface area (Å²) < 4.78 is 2.18. The summed E-state index contributed by atoms with van der Waals surface area (Å²) in [5.41, 5.74) is 15.0. The second kappa shape index (κ2) is 5.06. The molecule has 3 nitrogen and oxygen atoms in total. The molecule has 2 N–H and O–H groups in total. The van der Waals surface area contributed by atoms with Crippen LogP contribution in [0.25, 0.3) is 11.1 Å². The first-order valence-electron chi connectivity index (χ1n) is 7.48. The molecule has 0 radical (unpaired) electrons. The Hall–Kier alpha value is -1.61. The fourth-order valence-electron chi connectivity index (χ4n) is 3.23. The van der Waals surface area contributed by atoms with E-state index in [-0.39, 0.29) is 0 Å². The minimum absolute atomic E-state index is 0.516. The standard InChI is InChI=1S/C17H23N3/c1-11-8-13(3)14(9-12(11)2)17-15(10-18)19-20-7-5-4-6-16(17)20/h8-9H,4-7,10,18H2,1-3H3. The number of aromatic nitrogens is 2. The van der Waals surface area contributed by atoms with Crippen LogP contribution < -0.4 is 5.73 Å². The molecule has 2 heterocycles. The van der Waals surface area contributed by atoms with Crippen molar-refractivity contribution in [2.75, 3.05) is 0 Å². The van der Waals surface area contributed by atoms with Crippen molar-refractivity contribution in [3.63, 3.8) is 0 Å².